The molecule has 2 aliphatic heterocycles. The number of hydrogen-bond donors (Lipinski definition) is 1. The summed E-state index contributed by atoms with van der Waals surface area (Å²) in [6, 6.07) is 11.0. The fourth-order valence-electron chi connectivity index (χ4n) is 3.79. The van der Waals surface area contributed by atoms with E-state index in [9.17, 15) is 9.18 Å². The Kier molecular flexibility index (Phi) is 4.74. The zero-order valence-electron chi connectivity index (χ0n) is 15.5. The number of methoxy groups -OCH3 is 1. The lowest BCUT2D eigenvalue weighted by atomic mass is 9.94. The molecule has 2 aliphatic rings. The first-order valence-electron chi connectivity index (χ1n) is 9.21. The lowest BCUT2D eigenvalue weighted by molar-refractivity contribution is 0.0252. The molecule has 5 nitrogen and oxygen atoms in total. The van der Waals surface area contributed by atoms with Gasteiger partial charge in [0.1, 0.15) is 6.10 Å². The number of halogens is 1. The molecule has 4 rings (SSSR count). The van der Waals surface area contributed by atoms with E-state index in [4.69, 9.17) is 9.47 Å². The van der Waals surface area contributed by atoms with Crippen LogP contribution in [0, 0.1) is 5.82 Å². The van der Waals surface area contributed by atoms with Crippen molar-refractivity contribution in [3.05, 3.63) is 58.9 Å². The molecule has 2 aromatic carbocycles. The largest absolute Gasteiger partial charge is 0.494 e. The van der Waals surface area contributed by atoms with Gasteiger partial charge in [-0.15, -0.1) is 0 Å². The highest BCUT2D eigenvalue weighted by Crippen LogP contribution is 2.34. The van der Waals surface area contributed by atoms with Crippen LogP contribution in [0.2, 0.25) is 0 Å². The van der Waals surface area contributed by atoms with Crippen molar-refractivity contribution in [2.75, 3.05) is 31.6 Å². The van der Waals surface area contributed by atoms with Crippen molar-refractivity contribution in [3.8, 4) is 5.75 Å². The van der Waals surface area contributed by atoms with E-state index in [1.54, 1.807) is 12.1 Å². The Balaban J connectivity index is 1.59. The van der Waals surface area contributed by atoms with Gasteiger partial charge >= 0.3 is 5.97 Å². The summed E-state index contributed by atoms with van der Waals surface area (Å²) < 4.78 is 24.4. The minimum atomic E-state index is -0.440. The fourth-order valence-corrected chi connectivity index (χ4v) is 3.79. The molecule has 0 saturated carbocycles. The van der Waals surface area contributed by atoms with Gasteiger partial charge in [0.15, 0.2) is 11.6 Å². The molecule has 0 bridgehead atoms. The summed E-state index contributed by atoms with van der Waals surface area (Å²) >= 11 is 0. The number of esters is 1. The standard InChI is InChI=1S/C21H23FN2O3/c1-13-12-24(8-7-23-13)16-5-3-14-9-19(27-21(25)17(14)11-16)15-4-6-18(22)20(10-15)26-2/h3-6,10-11,13,19,23H,7-9,12H2,1-2H3/t13-,19?/m0/s1. The van der Waals surface area contributed by atoms with E-state index in [1.165, 1.54) is 13.2 Å². The molecular weight excluding hydrogens is 347 g/mol. The molecule has 0 radical (unpaired) electrons. The maximum Gasteiger partial charge on any atom is 0.339 e. The quantitative estimate of drug-likeness (QED) is 0.842. The monoisotopic (exact) mass is 370 g/mol. The number of anilines is 1. The summed E-state index contributed by atoms with van der Waals surface area (Å²) in [5, 5.41) is 3.42. The first kappa shape index (κ1) is 17.8. The summed E-state index contributed by atoms with van der Waals surface area (Å²) in [6.07, 6.45) is 0.123. The van der Waals surface area contributed by atoms with Crippen molar-refractivity contribution >= 4 is 11.7 Å². The normalized spacial score (nSPS) is 22.2. The Labute approximate surface area is 158 Å². The van der Waals surface area contributed by atoms with Crippen LogP contribution >= 0.6 is 0 Å². The number of nitrogens with one attached hydrogen (secondary N) is 1. The Bertz CT molecular complexity index is 871. The topological polar surface area (TPSA) is 50.8 Å². The van der Waals surface area contributed by atoms with Crippen LogP contribution in [0.3, 0.4) is 0 Å². The third-order valence-electron chi connectivity index (χ3n) is 5.25. The van der Waals surface area contributed by atoms with Crippen molar-refractivity contribution in [3.63, 3.8) is 0 Å². The number of carbonyl (C=O) groups excluding carboxylic acids is 1. The SMILES string of the molecule is COc1cc(C2Cc3ccc(N4CCN[C@@H](C)C4)cc3C(=O)O2)ccc1F. The van der Waals surface area contributed by atoms with Crippen molar-refractivity contribution in [1.82, 2.24) is 5.32 Å². The van der Waals surface area contributed by atoms with Gasteiger partial charge in [0, 0.05) is 37.8 Å². The average Bonchev–Trinajstić information content (AvgIpc) is 2.68. The number of piperazine rings is 1. The molecule has 1 fully saturated rings. The molecular formula is C21H23FN2O3. The summed E-state index contributed by atoms with van der Waals surface area (Å²) in [4.78, 5) is 14.9. The van der Waals surface area contributed by atoms with E-state index in [2.05, 4.69) is 23.2 Å². The Morgan fingerprint density at radius 1 is 1.26 bits per heavy atom. The molecule has 6 heteroatoms. The molecule has 2 heterocycles. The van der Waals surface area contributed by atoms with Gasteiger partial charge in [-0.2, -0.15) is 0 Å². The number of nitrogens with zero attached hydrogens (tertiary/aromatic N) is 1. The second kappa shape index (κ2) is 7.19. The van der Waals surface area contributed by atoms with Crippen LogP contribution in [0.1, 0.15) is 34.5 Å². The van der Waals surface area contributed by atoms with Crippen LogP contribution in [0.15, 0.2) is 36.4 Å². The van der Waals surface area contributed by atoms with Gasteiger partial charge in [-0.1, -0.05) is 12.1 Å². The van der Waals surface area contributed by atoms with Gasteiger partial charge in [-0.25, -0.2) is 9.18 Å². The van der Waals surface area contributed by atoms with E-state index in [0.717, 1.165) is 36.4 Å². The van der Waals surface area contributed by atoms with Crippen LogP contribution in [0.5, 0.6) is 5.75 Å². The van der Waals surface area contributed by atoms with E-state index >= 15 is 0 Å². The average molecular weight is 370 g/mol. The summed E-state index contributed by atoms with van der Waals surface area (Å²) in [5.41, 5.74) is 3.34. The van der Waals surface area contributed by atoms with E-state index < -0.39 is 11.9 Å². The lowest BCUT2D eigenvalue weighted by Gasteiger charge is -2.34. The van der Waals surface area contributed by atoms with Crippen LogP contribution in [-0.2, 0) is 11.2 Å². The minimum Gasteiger partial charge on any atom is -0.494 e. The highest BCUT2D eigenvalue weighted by molar-refractivity contribution is 5.93. The molecule has 142 valence electrons. The summed E-state index contributed by atoms with van der Waals surface area (Å²) in [7, 11) is 1.42. The molecule has 0 aliphatic carbocycles. The predicted molar refractivity (Wildman–Crippen MR) is 101 cm³/mol. The number of rotatable bonds is 3. The number of carbonyl (C=O) groups is 1. The Morgan fingerprint density at radius 2 is 2.11 bits per heavy atom. The smallest absolute Gasteiger partial charge is 0.339 e. The molecule has 2 aromatic rings. The first-order valence-corrected chi connectivity index (χ1v) is 9.21. The molecule has 1 saturated heterocycles. The summed E-state index contributed by atoms with van der Waals surface area (Å²) in [6.45, 7) is 4.90. The highest BCUT2D eigenvalue weighted by Gasteiger charge is 2.29. The van der Waals surface area contributed by atoms with Crippen molar-refractivity contribution in [2.45, 2.75) is 25.5 Å². The lowest BCUT2D eigenvalue weighted by Crippen LogP contribution is -2.49. The number of ether oxygens (including phenoxy) is 2. The van der Waals surface area contributed by atoms with Gasteiger partial charge < -0.3 is 19.7 Å². The molecule has 0 aromatic heterocycles. The number of cyclic esters (lactones) is 1. The maximum atomic E-state index is 13.7. The third-order valence-corrected chi connectivity index (χ3v) is 5.25. The number of hydrogen-bond acceptors (Lipinski definition) is 5. The minimum absolute atomic E-state index is 0.150. The molecule has 1 N–H and O–H groups in total. The van der Waals surface area contributed by atoms with E-state index in [0.29, 0.717) is 18.0 Å². The van der Waals surface area contributed by atoms with Gasteiger partial charge in [0.05, 0.1) is 12.7 Å². The van der Waals surface area contributed by atoms with Crippen molar-refractivity contribution < 1.29 is 18.7 Å². The van der Waals surface area contributed by atoms with Crippen LogP contribution in [0.4, 0.5) is 10.1 Å². The molecule has 27 heavy (non-hydrogen) atoms. The van der Waals surface area contributed by atoms with Crippen molar-refractivity contribution in [2.24, 2.45) is 0 Å². The van der Waals surface area contributed by atoms with E-state index in [1.807, 2.05) is 12.1 Å². The second-order valence-electron chi connectivity index (χ2n) is 7.13. The molecule has 2 atom stereocenters. The number of fused-ring (bicyclic) bond motifs is 1. The number of benzene rings is 2. The summed E-state index contributed by atoms with van der Waals surface area (Å²) in [5.74, 6) is -0.620. The van der Waals surface area contributed by atoms with Gasteiger partial charge in [0.2, 0.25) is 0 Å². The van der Waals surface area contributed by atoms with Gasteiger partial charge in [0.25, 0.3) is 0 Å². The van der Waals surface area contributed by atoms with Crippen LogP contribution in [-0.4, -0.2) is 38.8 Å². The van der Waals surface area contributed by atoms with Crippen LogP contribution < -0.4 is 15.0 Å². The highest BCUT2D eigenvalue weighted by atomic mass is 19.1. The molecule has 0 amide bonds. The first-order chi connectivity index (χ1) is 13.0. The third kappa shape index (κ3) is 3.49. The predicted octanol–water partition coefficient (Wildman–Crippen LogP) is 3.09. The van der Waals surface area contributed by atoms with Gasteiger partial charge in [-0.3, -0.25) is 0 Å². The fraction of sp³-hybridized carbons (Fsp3) is 0.381. The Hall–Kier alpha value is -2.60. The molecule has 0 spiro atoms. The van der Waals surface area contributed by atoms with E-state index in [-0.39, 0.29) is 11.7 Å². The zero-order valence-corrected chi connectivity index (χ0v) is 15.5. The Morgan fingerprint density at radius 3 is 2.89 bits per heavy atom. The van der Waals surface area contributed by atoms with Crippen LogP contribution in [0.25, 0.3) is 0 Å². The molecule has 1 unspecified atom stereocenters. The maximum absolute atomic E-state index is 13.7. The zero-order chi connectivity index (χ0) is 19.0. The second-order valence-corrected chi connectivity index (χ2v) is 7.13. The van der Waals surface area contributed by atoms with Gasteiger partial charge in [-0.05, 0) is 42.3 Å². The van der Waals surface area contributed by atoms with Crippen molar-refractivity contribution in [1.29, 1.82) is 0 Å².